The van der Waals surface area contributed by atoms with Crippen molar-refractivity contribution in [3.8, 4) is 17.2 Å². The van der Waals surface area contributed by atoms with E-state index in [-0.39, 0.29) is 5.91 Å². The molecule has 3 aromatic rings. The first-order chi connectivity index (χ1) is 16.2. The van der Waals surface area contributed by atoms with Gasteiger partial charge in [0.2, 0.25) is 5.75 Å². The van der Waals surface area contributed by atoms with Crippen molar-refractivity contribution in [2.45, 2.75) is 27.7 Å². The first-order valence-corrected chi connectivity index (χ1v) is 11.2. The van der Waals surface area contributed by atoms with E-state index in [1.807, 2.05) is 32.9 Å². The van der Waals surface area contributed by atoms with Gasteiger partial charge >= 0.3 is 6.03 Å². The number of aryl methyl sites for hydroxylation is 4. The predicted octanol–water partition coefficient (Wildman–Crippen LogP) is 5.30. The summed E-state index contributed by atoms with van der Waals surface area (Å²) < 4.78 is 15.9. The molecule has 1 heterocycles. The van der Waals surface area contributed by atoms with Gasteiger partial charge in [0, 0.05) is 17.8 Å². The highest BCUT2D eigenvalue weighted by atomic mass is 32.1. The van der Waals surface area contributed by atoms with Gasteiger partial charge in [-0.15, -0.1) is 0 Å². The molecular formula is C24H28N4O5S. The molecular weight excluding hydrogens is 456 g/mol. The van der Waals surface area contributed by atoms with E-state index in [1.165, 1.54) is 21.3 Å². The van der Waals surface area contributed by atoms with Crippen molar-refractivity contribution in [3.63, 3.8) is 0 Å². The van der Waals surface area contributed by atoms with Crippen LogP contribution in [0.2, 0.25) is 0 Å². The Hall–Kier alpha value is -3.79. The van der Waals surface area contributed by atoms with Gasteiger partial charge in [-0.3, -0.25) is 10.1 Å². The number of nitrogens with zero attached hydrogens (tertiary/aromatic N) is 1. The molecule has 9 nitrogen and oxygen atoms in total. The fraction of sp³-hybridized carbons (Fsp3) is 0.292. The van der Waals surface area contributed by atoms with E-state index in [1.54, 1.807) is 19.1 Å². The zero-order valence-electron chi connectivity index (χ0n) is 20.2. The Morgan fingerprint density at radius 2 is 1.41 bits per heavy atom. The first kappa shape index (κ1) is 24.8. The maximum atomic E-state index is 12.9. The molecule has 10 heteroatoms. The van der Waals surface area contributed by atoms with E-state index >= 15 is 0 Å². The van der Waals surface area contributed by atoms with Crippen LogP contribution < -0.4 is 30.2 Å². The Morgan fingerprint density at radius 1 is 0.824 bits per heavy atom. The molecule has 1 aromatic heterocycles. The van der Waals surface area contributed by atoms with Crippen LogP contribution in [0, 0.1) is 27.7 Å². The average Bonchev–Trinajstić information content (AvgIpc) is 3.14. The van der Waals surface area contributed by atoms with Gasteiger partial charge in [-0.05, 0) is 38.8 Å². The fourth-order valence-electron chi connectivity index (χ4n) is 3.62. The number of nitrogens with one attached hydrogen (secondary N) is 3. The molecule has 180 valence electrons. The molecule has 3 amide bonds. The van der Waals surface area contributed by atoms with Gasteiger partial charge in [-0.2, -0.15) is 0 Å². The van der Waals surface area contributed by atoms with E-state index in [0.717, 1.165) is 33.7 Å². The molecule has 0 unspecified atom stereocenters. The Kier molecular flexibility index (Phi) is 7.62. The molecule has 3 rings (SSSR count). The first-order valence-electron chi connectivity index (χ1n) is 10.4. The minimum Gasteiger partial charge on any atom is -0.493 e. The fourth-order valence-corrected chi connectivity index (χ4v) is 4.48. The van der Waals surface area contributed by atoms with Crippen LogP contribution in [0.15, 0.2) is 24.3 Å². The second-order valence-corrected chi connectivity index (χ2v) is 8.65. The van der Waals surface area contributed by atoms with Gasteiger partial charge in [-0.25, -0.2) is 9.78 Å². The van der Waals surface area contributed by atoms with Crippen molar-refractivity contribution in [2.24, 2.45) is 0 Å². The Labute approximate surface area is 202 Å². The van der Waals surface area contributed by atoms with Gasteiger partial charge < -0.3 is 24.8 Å². The third-order valence-electron chi connectivity index (χ3n) is 5.06. The number of benzene rings is 2. The summed E-state index contributed by atoms with van der Waals surface area (Å²) in [7, 11) is 4.48. The van der Waals surface area contributed by atoms with Crippen LogP contribution >= 0.6 is 11.3 Å². The van der Waals surface area contributed by atoms with Crippen molar-refractivity contribution in [3.05, 3.63) is 51.5 Å². The summed E-state index contributed by atoms with van der Waals surface area (Å²) in [6.45, 7) is 7.65. The lowest BCUT2D eigenvalue weighted by Crippen LogP contribution is -2.19. The maximum absolute atomic E-state index is 12.9. The second kappa shape index (κ2) is 10.4. The molecule has 0 bridgehead atoms. The number of hydrogen-bond donors (Lipinski definition) is 3. The minimum atomic E-state index is -0.528. The number of hydrogen-bond acceptors (Lipinski definition) is 7. The average molecular weight is 485 g/mol. The lowest BCUT2D eigenvalue weighted by atomic mass is 10.1. The molecule has 0 saturated heterocycles. The van der Waals surface area contributed by atoms with Gasteiger partial charge in [0.1, 0.15) is 4.88 Å². The number of carbonyl (C=O) groups is 2. The van der Waals surface area contributed by atoms with Gasteiger partial charge in [-0.1, -0.05) is 29.0 Å². The molecule has 0 saturated carbocycles. The molecule has 3 N–H and O–H groups in total. The standard InChI is InChI=1S/C24H28N4O5S/c1-12-8-13(2)19(14(3)9-12)27-22(29)21-15(4)25-24(34-21)28-23(30)26-16-10-17(31-5)20(33-7)18(11-16)32-6/h8-11H,1-7H3,(H,27,29)(H2,25,26,28,30). The number of aromatic nitrogens is 1. The van der Waals surface area contributed by atoms with Crippen LogP contribution in [0.3, 0.4) is 0 Å². The van der Waals surface area contributed by atoms with Crippen LogP contribution in [-0.4, -0.2) is 38.3 Å². The topological polar surface area (TPSA) is 111 Å². The SMILES string of the molecule is COc1cc(NC(=O)Nc2nc(C)c(C(=O)Nc3c(C)cc(C)cc3C)s2)cc(OC)c1OC. The number of ether oxygens (including phenoxy) is 3. The lowest BCUT2D eigenvalue weighted by molar-refractivity contribution is 0.102. The van der Waals surface area contributed by atoms with E-state index in [0.29, 0.717) is 38.6 Å². The summed E-state index contributed by atoms with van der Waals surface area (Å²) in [5.41, 5.74) is 4.83. The minimum absolute atomic E-state index is 0.275. The number of thiazole rings is 1. The van der Waals surface area contributed by atoms with Crippen molar-refractivity contribution >= 4 is 39.8 Å². The zero-order chi connectivity index (χ0) is 25.0. The quantitative estimate of drug-likeness (QED) is 0.420. The second-order valence-electron chi connectivity index (χ2n) is 7.65. The smallest absolute Gasteiger partial charge is 0.325 e. The van der Waals surface area contributed by atoms with Crippen molar-refractivity contribution in [1.82, 2.24) is 4.98 Å². The molecule has 34 heavy (non-hydrogen) atoms. The maximum Gasteiger partial charge on any atom is 0.325 e. The van der Waals surface area contributed by atoms with E-state index in [4.69, 9.17) is 14.2 Å². The molecule has 0 fully saturated rings. The van der Waals surface area contributed by atoms with E-state index < -0.39 is 6.03 Å². The van der Waals surface area contributed by atoms with Crippen LogP contribution in [0.25, 0.3) is 0 Å². The number of rotatable bonds is 7. The summed E-state index contributed by atoms with van der Waals surface area (Å²) in [5, 5.41) is 8.64. The molecule has 0 atom stereocenters. The summed E-state index contributed by atoms with van der Waals surface area (Å²) in [6, 6.07) is 6.73. The zero-order valence-corrected chi connectivity index (χ0v) is 21.0. The Bertz CT molecular complexity index is 1190. The predicted molar refractivity (Wildman–Crippen MR) is 134 cm³/mol. The van der Waals surface area contributed by atoms with Crippen molar-refractivity contribution in [2.75, 3.05) is 37.3 Å². The highest BCUT2D eigenvalue weighted by Gasteiger charge is 2.19. The number of urea groups is 1. The number of amides is 3. The van der Waals surface area contributed by atoms with E-state index in [2.05, 4.69) is 20.9 Å². The van der Waals surface area contributed by atoms with Crippen molar-refractivity contribution in [1.29, 1.82) is 0 Å². The van der Waals surface area contributed by atoms with E-state index in [9.17, 15) is 9.59 Å². The summed E-state index contributed by atoms with van der Waals surface area (Å²) in [4.78, 5) is 30.2. The van der Waals surface area contributed by atoms with Gasteiger partial charge in [0.05, 0.1) is 32.7 Å². The number of carbonyl (C=O) groups excluding carboxylic acids is 2. The summed E-state index contributed by atoms with van der Waals surface area (Å²) in [6.07, 6.45) is 0. The van der Waals surface area contributed by atoms with Crippen LogP contribution in [0.5, 0.6) is 17.2 Å². The Balaban J connectivity index is 1.74. The third kappa shape index (κ3) is 5.40. The summed E-state index contributed by atoms with van der Waals surface area (Å²) in [5.74, 6) is 0.954. The normalized spacial score (nSPS) is 10.4. The molecule has 0 aliphatic heterocycles. The molecule has 0 aliphatic rings. The summed E-state index contributed by atoms with van der Waals surface area (Å²) >= 11 is 1.10. The Morgan fingerprint density at radius 3 is 1.94 bits per heavy atom. The molecule has 2 aromatic carbocycles. The van der Waals surface area contributed by atoms with Crippen LogP contribution in [0.4, 0.5) is 21.3 Å². The van der Waals surface area contributed by atoms with Crippen LogP contribution in [0.1, 0.15) is 32.1 Å². The highest BCUT2D eigenvalue weighted by molar-refractivity contribution is 7.17. The molecule has 0 aliphatic carbocycles. The largest absolute Gasteiger partial charge is 0.493 e. The third-order valence-corrected chi connectivity index (χ3v) is 6.13. The monoisotopic (exact) mass is 484 g/mol. The highest BCUT2D eigenvalue weighted by Crippen LogP contribution is 2.40. The number of anilines is 3. The molecule has 0 radical (unpaired) electrons. The van der Waals surface area contributed by atoms with Crippen molar-refractivity contribution < 1.29 is 23.8 Å². The number of methoxy groups -OCH3 is 3. The van der Waals surface area contributed by atoms with Crippen LogP contribution in [-0.2, 0) is 0 Å². The van der Waals surface area contributed by atoms with Gasteiger partial charge in [0.15, 0.2) is 16.6 Å². The van der Waals surface area contributed by atoms with Gasteiger partial charge in [0.25, 0.3) is 5.91 Å². The lowest BCUT2D eigenvalue weighted by Gasteiger charge is -2.14. The molecule has 0 spiro atoms.